The molecule has 3 heteroatoms. The Bertz CT molecular complexity index is 428. The minimum atomic E-state index is -1.00. The number of Topliss-reactive ketones (excluding diaryl/α,β-unsaturated/α-hetero) is 1. The minimum absolute atomic E-state index is 0.0934. The van der Waals surface area contributed by atoms with Gasteiger partial charge in [-0.15, -0.1) is 0 Å². The van der Waals surface area contributed by atoms with E-state index in [9.17, 15) is 13.6 Å². The van der Waals surface area contributed by atoms with Crippen LogP contribution >= 0.6 is 0 Å². The minimum Gasteiger partial charge on any atom is -0.294 e. The van der Waals surface area contributed by atoms with Crippen LogP contribution in [0.3, 0.4) is 0 Å². The summed E-state index contributed by atoms with van der Waals surface area (Å²) in [6.45, 7) is 2.10. The first-order valence-corrected chi connectivity index (χ1v) is 6.08. The fourth-order valence-corrected chi connectivity index (χ4v) is 2.59. The standard InChI is InChI=1S/C14H16F2O/c1-9-4-2-5-10(8-9)14(17)11-6-3-7-12(15)13(11)16/h3,6-7,9-10H,2,4-5,8H2,1H3. The van der Waals surface area contributed by atoms with Crippen LogP contribution in [0.4, 0.5) is 8.78 Å². The number of halogens is 2. The molecule has 1 nitrogen and oxygen atoms in total. The summed E-state index contributed by atoms with van der Waals surface area (Å²) in [7, 11) is 0. The zero-order valence-electron chi connectivity index (χ0n) is 9.88. The van der Waals surface area contributed by atoms with Gasteiger partial charge in [0, 0.05) is 5.92 Å². The van der Waals surface area contributed by atoms with Crippen LogP contribution in [0, 0.1) is 23.5 Å². The summed E-state index contributed by atoms with van der Waals surface area (Å²) in [4.78, 5) is 12.1. The van der Waals surface area contributed by atoms with Crippen LogP contribution in [0.5, 0.6) is 0 Å². The third-order valence-electron chi connectivity index (χ3n) is 3.52. The highest BCUT2D eigenvalue weighted by Crippen LogP contribution is 2.31. The van der Waals surface area contributed by atoms with Gasteiger partial charge in [-0.1, -0.05) is 25.8 Å². The van der Waals surface area contributed by atoms with E-state index in [4.69, 9.17) is 0 Å². The van der Waals surface area contributed by atoms with Crippen molar-refractivity contribution in [3.63, 3.8) is 0 Å². The molecule has 0 spiro atoms. The zero-order chi connectivity index (χ0) is 12.4. The number of carbonyl (C=O) groups is 1. The van der Waals surface area contributed by atoms with Crippen LogP contribution in [0.1, 0.15) is 43.0 Å². The molecule has 17 heavy (non-hydrogen) atoms. The summed E-state index contributed by atoms with van der Waals surface area (Å²) >= 11 is 0. The van der Waals surface area contributed by atoms with Crippen molar-refractivity contribution < 1.29 is 13.6 Å². The lowest BCUT2D eigenvalue weighted by Gasteiger charge is -2.25. The summed E-state index contributed by atoms with van der Waals surface area (Å²) < 4.78 is 26.6. The van der Waals surface area contributed by atoms with E-state index < -0.39 is 11.6 Å². The Morgan fingerprint density at radius 3 is 2.76 bits per heavy atom. The van der Waals surface area contributed by atoms with Crippen LogP contribution in [0.25, 0.3) is 0 Å². The Hall–Kier alpha value is -1.25. The molecule has 92 valence electrons. The van der Waals surface area contributed by atoms with E-state index in [-0.39, 0.29) is 17.3 Å². The fourth-order valence-electron chi connectivity index (χ4n) is 2.59. The van der Waals surface area contributed by atoms with E-state index in [2.05, 4.69) is 6.92 Å². The third-order valence-corrected chi connectivity index (χ3v) is 3.52. The number of hydrogen-bond acceptors (Lipinski definition) is 1. The molecule has 0 bridgehead atoms. The van der Waals surface area contributed by atoms with Crippen molar-refractivity contribution in [2.45, 2.75) is 32.6 Å². The highest BCUT2D eigenvalue weighted by Gasteiger charge is 2.28. The van der Waals surface area contributed by atoms with Gasteiger partial charge in [-0.25, -0.2) is 8.78 Å². The number of hydrogen-bond donors (Lipinski definition) is 0. The van der Waals surface area contributed by atoms with Crippen molar-refractivity contribution in [3.05, 3.63) is 35.4 Å². The van der Waals surface area contributed by atoms with Gasteiger partial charge in [-0.3, -0.25) is 4.79 Å². The average molecular weight is 238 g/mol. The van der Waals surface area contributed by atoms with Gasteiger partial charge in [-0.2, -0.15) is 0 Å². The van der Waals surface area contributed by atoms with E-state index in [1.807, 2.05) is 0 Å². The molecular formula is C14H16F2O. The topological polar surface area (TPSA) is 17.1 Å². The maximum absolute atomic E-state index is 13.5. The summed E-state index contributed by atoms with van der Waals surface area (Å²) in [5.74, 6) is -1.84. The van der Waals surface area contributed by atoms with Gasteiger partial charge in [0.2, 0.25) is 0 Å². The number of carbonyl (C=O) groups excluding carboxylic acids is 1. The van der Waals surface area contributed by atoms with E-state index in [0.717, 1.165) is 31.7 Å². The van der Waals surface area contributed by atoms with E-state index in [0.29, 0.717) is 5.92 Å². The van der Waals surface area contributed by atoms with Gasteiger partial charge in [-0.05, 0) is 30.9 Å². The molecular weight excluding hydrogens is 222 g/mol. The van der Waals surface area contributed by atoms with Gasteiger partial charge >= 0.3 is 0 Å². The molecule has 0 aliphatic heterocycles. The van der Waals surface area contributed by atoms with E-state index in [1.165, 1.54) is 12.1 Å². The second-order valence-corrected chi connectivity index (χ2v) is 4.93. The summed E-state index contributed by atoms with van der Waals surface area (Å²) in [5.41, 5.74) is -0.0934. The molecule has 0 amide bonds. The van der Waals surface area contributed by atoms with E-state index in [1.54, 1.807) is 0 Å². The Balaban J connectivity index is 2.22. The lowest BCUT2D eigenvalue weighted by atomic mass is 9.78. The maximum Gasteiger partial charge on any atom is 0.169 e. The van der Waals surface area contributed by atoms with Gasteiger partial charge in [0.15, 0.2) is 17.4 Å². The number of rotatable bonds is 2. The Kier molecular flexibility index (Phi) is 3.55. The lowest BCUT2D eigenvalue weighted by Crippen LogP contribution is -2.22. The monoisotopic (exact) mass is 238 g/mol. The molecule has 1 aromatic carbocycles. The SMILES string of the molecule is CC1CCCC(C(=O)c2cccc(F)c2F)C1. The normalized spacial score (nSPS) is 24.6. The molecule has 2 rings (SSSR count). The summed E-state index contributed by atoms with van der Waals surface area (Å²) in [5, 5.41) is 0. The Labute approximate surface area is 99.8 Å². The Morgan fingerprint density at radius 1 is 1.29 bits per heavy atom. The molecule has 1 saturated carbocycles. The fraction of sp³-hybridized carbons (Fsp3) is 0.500. The number of benzene rings is 1. The molecule has 0 N–H and O–H groups in total. The molecule has 0 aromatic heterocycles. The van der Waals surface area contributed by atoms with Crippen LogP contribution in [-0.2, 0) is 0 Å². The van der Waals surface area contributed by atoms with Gasteiger partial charge in [0.05, 0.1) is 5.56 Å². The largest absolute Gasteiger partial charge is 0.294 e. The Morgan fingerprint density at radius 2 is 2.06 bits per heavy atom. The second kappa shape index (κ2) is 4.94. The lowest BCUT2D eigenvalue weighted by molar-refractivity contribution is 0.0863. The average Bonchev–Trinajstić information content (AvgIpc) is 2.32. The van der Waals surface area contributed by atoms with Crippen LogP contribution in [0.2, 0.25) is 0 Å². The second-order valence-electron chi connectivity index (χ2n) is 4.93. The molecule has 2 atom stereocenters. The molecule has 0 heterocycles. The van der Waals surface area contributed by atoms with Crippen molar-refractivity contribution in [1.82, 2.24) is 0 Å². The van der Waals surface area contributed by atoms with Gasteiger partial charge < -0.3 is 0 Å². The van der Waals surface area contributed by atoms with Crippen LogP contribution < -0.4 is 0 Å². The first-order chi connectivity index (χ1) is 8.09. The first-order valence-electron chi connectivity index (χ1n) is 6.08. The van der Waals surface area contributed by atoms with Crippen molar-refractivity contribution in [1.29, 1.82) is 0 Å². The summed E-state index contributed by atoms with van der Waals surface area (Å²) in [6, 6.07) is 3.80. The summed E-state index contributed by atoms with van der Waals surface area (Å²) in [6.07, 6.45) is 3.69. The first kappa shape index (κ1) is 12.2. The molecule has 1 fully saturated rings. The predicted octanol–water partition coefficient (Wildman–Crippen LogP) is 3.97. The maximum atomic E-state index is 13.5. The van der Waals surface area contributed by atoms with Crippen molar-refractivity contribution >= 4 is 5.78 Å². The molecule has 1 aliphatic carbocycles. The third kappa shape index (κ3) is 2.54. The molecule has 1 aromatic rings. The van der Waals surface area contributed by atoms with Gasteiger partial charge in [0.1, 0.15) is 0 Å². The molecule has 1 aliphatic rings. The highest BCUT2D eigenvalue weighted by atomic mass is 19.2. The van der Waals surface area contributed by atoms with Crippen molar-refractivity contribution in [2.75, 3.05) is 0 Å². The van der Waals surface area contributed by atoms with Crippen molar-refractivity contribution in [2.24, 2.45) is 11.8 Å². The predicted molar refractivity (Wildman–Crippen MR) is 61.8 cm³/mol. The quantitative estimate of drug-likeness (QED) is 0.712. The van der Waals surface area contributed by atoms with E-state index >= 15 is 0 Å². The van der Waals surface area contributed by atoms with Crippen LogP contribution in [-0.4, -0.2) is 5.78 Å². The zero-order valence-corrected chi connectivity index (χ0v) is 9.88. The molecule has 0 saturated heterocycles. The van der Waals surface area contributed by atoms with Crippen molar-refractivity contribution in [3.8, 4) is 0 Å². The smallest absolute Gasteiger partial charge is 0.169 e. The molecule has 0 radical (unpaired) electrons. The molecule has 2 unspecified atom stereocenters. The van der Waals surface area contributed by atoms with Crippen LogP contribution in [0.15, 0.2) is 18.2 Å². The highest BCUT2D eigenvalue weighted by molar-refractivity contribution is 5.98. The van der Waals surface area contributed by atoms with Gasteiger partial charge in [0.25, 0.3) is 0 Å². The number of ketones is 1.